The summed E-state index contributed by atoms with van der Waals surface area (Å²) in [6.45, 7) is 4.38. The van der Waals surface area contributed by atoms with Crippen molar-refractivity contribution in [2.75, 3.05) is 13.7 Å². The number of benzene rings is 2. The van der Waals surface area contributed by atoms with Gasteiger partial charge in [-0.05, 0) is 55.8 Å². The molecule has 2 N–H and O–H groups in total. The van der Waals surface area contributed by atoms with E-state index in [9.17, 15) is 13.2 Å². The van der Waals surface area contributed by atoms with E-state index in [0.717, 1.165) is 11.3 Å². The third kappa shape index (κ3) is 5.04. The van der Waals surface area contributed by atoms with E-state index >= 15 is 0 Å². The average Bonchev–Trinajstić information content (AvgIpc) is 2.62. The summed E-state index contributed by atoms with van der Waals surface area (Å²) in [5, 5.41) is 2.88. The summed E-state index contributed by atoms with van der Waals surface area (Å²) in [6, 6.07) is 12.9. The van der Waals surface area contributed by atoms with Crippen LogP contribution in [0.5, 0.6) is 5.75 Å². The molecule has 1 atom stereocenters. The van der Waals surface area contributed by atoms with Gasteiger partial charge < -0.3 is 10.1 Å². The van der Waals surface area contributed by atoms with E-state index in [1.165, 1.54) is 31.4 Å². The van der Waals surface area contributed by atoms with Crippen LogP contribution < -0.4 is 14.9 Å². The first kappa shape index (κ1) is 19.9. The second-order valence-corrected chi connectivity index (χ2v) is 7.16. The summed E-state index contributed by atoms with van der Waals surface area (Å²) in [6.07, 6.45) is 0. The van der Waals surface area contributed by atoms with Gasteiger partial charge in [0.05, 0.1) is 24.7 Å². The van der Waals surface area contributed by atoms with Crippen LogP contribution in [0.25, 0.3) is 0 Å². The molecular formula is C18H22N2O5S. The Kier molecular flexibility index (Phi) is 6.73. The number of carbonyl (C=O) groups excluding carboxylic acids is 1. The van der Waals surface area contributed by atoms with Crippen molar-refractivity contribution in [1.29, 1.82) is 0 Å². The molecular weight excluding hydrogens is 356 g/mol. The van der Waals surface area contributed by atoms with Gasteiger partial charge in [0, 0.05) is 5.56 Å². The summed E-state index contributed by atoms with van der Waals surface area (Å²) in [4.78, 5) is 18.7. The zero-order valence-corrected chi connectivity index (χ0v) is 15.7. The first-order valence-electron chi connectivity index (χ1n) is 8.06. The van der Waals surface area contributed by atoms with Crippen molar-refractivity contribution in [1.82, 2.24) is 10.2 Å². The molecule has 2 rings (SSSR count). The van der Waals surface area contributed by atoms with Crippen LogP contribution in [0.1, 0.15) is 35.8 Å². The molecule has 2 aromatic carbocycles. The minimum Gasteiger partial charge on any atom is -0.494 e. The summed E-state index contributed by atoms with van der Waals surface area (Å²) in [5.74, 6) is 0.478. The molecule has 0 spiro atoms. The third-order valence-corrected chi connectivity index (χ3v) is 4.94. The predicted molar refractivity (Wildman–Crippen MR) is 97.3 cm³/mol. The molecule has 0 heterocycles. The van der Waals surface area contributed by atoms with Gasteiger partial charge in [-0.15, -0.1) is 0 Å². The SMILES string of the molecule is CCOc1ccc(C(C)NC(=O)c2ccc(S(=O)(=O)NOC)cc2)cc1. The number of amides is 1. The molecule has 1 unspecified atom stereocenters. The van der Waals surface area contributed by atoms with Gasteiger partial charge in [0.25, 0.3) is 15.9 Å². The van der Waals surface area contributed by atoms with Crippen molar-refractivity contribution < 1.29 is 22.8 Å². The molecule has 0 fully saturated rings. The molecule has 0 aliphatic heterocycles. The number of hydrogen-bond donors (Lipinski definition) is 2. The molecule has 7 nitrogen and oxygen atoms in total. The van der Waals surface area contributed by atoms with E-state index in [0.29, 0.717) is 12.2 Å². The summed E-state index contributed by atoms with van der Waals surface area (Å²) >= 11 is 0. The first-order valence-corrected chi connectivity index (χ1v) is 9.54. The smallest absolute Gasteiger partial charge is 0.262 e. The second-order valence-electron chi connectivity index (χ2n) is 5.51. The van der Waals surface area contributed by atoms with Crippen LogP contribution in [-0.2, 0) is 14.9 Å². The highest BCUT2D eigenvalue weighted by atomic mass is 32.2. The molecule has 26 heavy (non-hydrogen) atoms. The highest BCUT2D eigenvalue weighted by molar-refractivity contribution is 7.89. The van der Waals surface area contributed by atoms with E-state index in [4.69, 9.17) is 4.74 Å². The van der Waals surface area contributed by atoms with Crippen molar-refractivity contribution in [3.8, 4) is 5.75 Å². The van der Waals surface area contributed by atoms with E-state index in [2.05, 4.69) is 10.2 Å². The summed E-state index contributed by atoms with van der Waals surface area (Å²) in [5.41, 5.74) is 1.30. The second kappa shape index (κ2) is 8.79. The van der Waals surface area contributed by atoms with Crippen LogP contribution in [0, 0.1) is 0 Å². The van der Waals surface area contributed by atoms with E-state index in [-0.39, 0.29) is 16.8 Å². The van der Waals surface area contributed by atoms with Crippen LogP contribution in [0.2, 0.25) is 0 Å². The van der Waals surface area contributed by atoms with Gasteiger partial charge >= 0.3 is 0 Å². The lowest BCUT2D eigenvalue weighted by molar-refractivity contribution is 0.0940. The molecule has 1 amide bonds. The normalized spacial score (nSPS) is 12.4. The summed E-state index contributed by atoms with van der Waals surface area (Å²) in [7, 11) is -2.53. The van der Waals surface area contributed by atoms with Crippen molar-refractivity contribution in [2.45, 2.75) is 24.8 Å². The van der Waals surface area contributed by atoms with Crippen LogP contribution in [0.3, 0.4) is 0 Å². The van der Waals surface area contributed by atoms with Crippen molar-refractivity contribution in [3.63, 3.8) is 0 Å². The number of rotatable bonds is 8. The number of ether oxygens (including phenoxy) is 1. The van der Waals surface area contributed by atoms with Crippen LogP contribution in [0.4, 0.5) is 0 Å². The Morgan fingerprint density at radius 3 is 2.23 bits per heavy atom. The van der Waals surface area contributed by atoms with Gasteiger partial charge in [-0.3, -0.25) is 9.63 Å². The Hall–Kier alpha value is -2.42. The lowest BCUT2D eigenvalue weighted by Gasteiger charge is -2.15. The highest BCUT2D eigenvalue weighted by Crippen LogP contribution is 2.18. The van der Waals surface area contributed by atoms with Gasteiger partial charge in [0.1, 0.15) is 5.75 Å². The predicted octanol–water partition coefficient (Wildman–Crippen LogP) is 2.42. The minimum absolute atomic E-state index is 0.00969. The number of sulfonamides is 1. The molecule has 0 aromatic heterocycles. The Bertz CT molecular complexity index is 833. The van der Waals surface area contributed by atoms with Gasteiger partial charge in [-0.1, -0.05) is 17.0 Å². The number of hydrogen-bond acceptors (Lipinski definition) is 5. The molecule has 0 aliphatic carbocycles. The fourth-order valence-corrected chi connectivity index (χ4v) is 3.14. The van der Waals surface area contributed by atoms with E-state index < -0.39 is 10.0 Å². The largest absolute Gasteiger partial charge is 0.494 e. The molecule has 140 valence electrons. The topological polar surface area (TPSA) is 93.7 Å². The molecule has 0 saturated carbocycles. The fraction of sp³-hybridized carbons (Fsp3) is 0.278. The third-order valence-electron chi connectivity index (χ3n) is 3.66. The molecule has 2 aromatic rings. The Labute approximate surface area is 153 Å². The monoisotopic (exact) mass is 378 g/mol. The van der Waals surface area contributed by atoms with Crippen LogP contribution in [-0.4, -0.2) is 28.0 Å². The number of nitrogens with one attached hydrogen (secondary N) is 2. The Balaban J connectivity index is 2.04. The van der Waals surface area contributed by atoms with E-state index in [1.54, 1.807) is 0 Å². The maximum absolute atomic E-state index is 12.4. The molecule has 0 aliphatic rings. The standard InChI is InChI=1S/C18H22N2O5S/c1-4-25-16-9-5-14(6-10-16)13(2)19-18(21)15-7-11-17(12-8-15)26(22,23)20-24-3/h5-13,20H,4H2,1-3H3,(H,19,21). The highest BCUT2D eigenvalue weighted by Gasteiger charge is 2.16. The van der Waals surface area contributed by atoms with Gasteiger partial charge in [-0.2, -0.15) is 0 Å². The first-order chi connectivity index (χ1) is 12.4. The zero-order valence-electron chi connectivity index (χ0n) is 14.9. The average molecular weight is 378 g/mol. The Morgan fingerprint density at radius 2 is 1.69 bits per heavy atom. The molecule has 0 radical (unpaired) electrons. The van der Waals surface area contributed by atoms with Crippen LogP contribution >= 0.6 is 0 Å². The lowest BCUT2D eigenvalue weighted by atomic mass is 10.1. The van der Waals surface area contributed by atoms with Gasteiger partial charge in [-0.25, -0.2) is 8.42 Å². The van der Waals surface area contributed by atoms with E-state index in [1.807, 2.05) is 43.0 Å². The maximum Gasteiger partial charge on any atom is 0.262 e. The van der Waals surface area contributed by atoms with Gasteiger partial charge in [0.15, 0.2) is 0 Å². The molecule has 0 bridgehead atoms. The van der Waals surface area contributed by atoms with Gasteiger partial charge in [0.2, 0.25) is 0 Å². The quantitative estimate of drug-likeness (QED) is 0.688. The molecule has 8 heteroatoms. The van der Waals surface area contributed by atoms with Crippen molar-refractivity contribution >= 4 is 15.9 Å². The zero-order chi connectivity index (χ0) is 19.2. The maximum atomic E-state index is 12.4. The Morgan fingerprint density at radius 1 is 1.08 bits per heavy atom. The molecule has 0 saturated heterocycles. The van der Waals surface area contributed by atoms with Crippen molar-refractivity contribution in [3.05, 3.63) is 59.7 Å². The minimum atomic E-state index is -3.74. The fourth-order valence-electron chi connectivity index (χ4n) is 2.33. The number of carbonyl (C=O) groups is 1. The summed E-state index contributed by atoms with van der Waals surface area (Å²) < 4.78 is 29.0. The van der Waals surface area contributed by atoms with Crippen LogP contribution in [0.15, 0.2) is 53.4 Å². The van der Waals surface area contributed by atoms with Crippen molar-refractivity contribution in [2.24, 2.45) is 0 Å². The lowest BCUT2D eigenvalue weighted by Crippen LogP contribution is -2.27.